The zero-order valence-corrected chi connectivity index (χ0v) is 12.7. The van der Waals surface area contributed by atoms with E-state index in [1.165, 1.54) is 13.0 Å². The number of rotatable bonds is 7. The molecule has 0 bridgehead atoms. The summed E-state index contributed by atoms with van der Waals surface area (Å²) in [5.74, 6) is 0.301. The van der Waals surface area contributed by atoms with Gasteiger partial charge in [0, 0.05) is 11.8 Å². The summed E-state index contributed by atoms with van der Waals surface area (Å²) in [6.07, 6.45) is -0.904. The minimum Gasteiger partial charge on any atom is -0.507 e. The maximum absolute atomic E-state index is 11.5. The number of aliphatic hydroxyl groups excluding tert-OH is 1. The molecule has 0 saturated carbocycles. The molecular weight excluding hydrogens is 298 g/mol. The van der Waals surface area contributed by atoms with Crippen LogP contribution in [0.1, 0.15) is 17.3 Å². The number of ketones is 1. The Kier molecular flexibility index (Phi) is 5.43. The maximum atomic E-state index is 11.5. The Labute approximate surface area is 134 Å². The van der Waals surface area contributed by atoms with Crippen molar-refractivity contribution in [3.63, 3.8) is 0 Å². The fourth-order valence-electron chi connectivity index (χ4n) is 2.02. The van der Waals surface area contributed by atoms with Gasteiger partial charge < -0.3 is 25.4 Å². The first-order chi connectivity index (χ1) is 11.0. The SMILES string of the molecule is CC(=O)c1c(O)cccc1OCC(O)COc1cccc(N)c1. The van der Waals surface area contributed by atoms with E-state index in [0.717, 1.165) is 0 Å². The third-order valence-corrected chi connectivity index (χ3v) is 3.09. The van der Waals surface area contributed by atoms with E-state index in [4.69, 9.17) is 15.2 Å². The van der Waals surface area contributed by atoms with Gasteiger partial charge >= 0.3 is 0 Å². The molecule has 0 amide bonds. The Morgan fingerprint density at radius 2 is 1.87 bits per heavy atom. The van der Waals surface area contributed by atoms with Gasteiger partial charge in [-0.1, -0.05) is 12.1 Å². The summed E-state index contributed by atoms with van der Waals surface area (Å²) >= 11 is 0. The summed E-state index contributed by atoms with van der Waals surface area (Å²) in [5.41, 5.74) is 6.30. The van der Waals surface area contributed by atoms with Crippen molar-refractivity contribution in [2.45, 2.75) is 13.0 Å². The van der Waals surface area contributed by atoms with E-state index in [9.17, 15) is 15.0 Å². The number of nitrogens with two attached hydrogens (primary N) is 1. The van der Waals surface area contributed by atoms with Gasteiger partial charge in [0.2, 0.25) is 0 Å². The molecule has 6 heteroatoms. The molecule has 2 aromatic carbocycles. The average Bonchev–Trinajstić information content (AvgIpc) is 2.50. The van der Waals surface area contributed by atoms with Crippen molar-refractivity contribution in [2.75, 3.05) is 18.9 Å². The Balaban J connectivity index is 1.91. The minimum absolute atomic E-state index is 0.0116. The number of phenols is 1. The molecule has 0 saturated heterocycles. The van der Waals surface area contributed by atoms with Crippen LogP contribution in [0.15, 0.2) is 42.5 Å². The molecular formula is C17H19NO5. The minimum atomic E-state index is -0.904. The number of nitrogen functional groups attached to an aromatic ring is 1. The lowest BCUT2D eigenvalue weighted by Crippen LogP contribution is -2.25. The lowest BCUT2D eigenvalue weighted by molar-refractivity contribution is 0.0619. The van der Waals surface area contributed by atoms with Crippen LogP contribution in [-0.4, -0.2) is 35.3 Å². The Morgan fingerprint density at radius 1 is 1.17 bits per heavy atom. The van der Waals surface area contributed by atoms with Crippen LogP contribution in [0.25, 0.3) is 0 Å². The number of aliphatic hydroxyl groups is 1. The van der Waals surface area contributed by atoms with Gasteiger partial charge in [-0.3, -0.25) is 4.79 Å². The monoisotopic (exact) mass is 317 g/mol. The highest BCUT2D eigenvalue weighted by molar-refractivity contribution is 5.99. The number of benzene rings is 2. The normalized spacial score (nSPS) is 11.7. The molecule has 0 fully saturated rings. The van der Waals surface area contributed by atoms with Gasteiger partial charge in [0.05, 0.1) is 0 Å². The van der Waals surface area contributed by atoms with Crippen LogP contribution in [0, 0.1) is 0 Å². The third-order valence-electron chi connectivity index (χ3n) is 3.09. The second kappa shape index (κ2) is 7.51. The van der Waals surface area contributed by atoms with Crippen molar-refractivity contribution in [2.24, 2.45) is 0 Å². The lowest BCUT2D eigenvalue weighted by atomic mass is 10.1. The van der Waals surface area contributed by atoms with Crippen molar-refractivity contribution in [3.8, 4) is 17.2 Å². The van der Waals surface area contributed by atoms with Crippen LogP contribution in [0.4, 0.5) is 5.69 Å². The van der Waals surface area contributed by atoms with E-state index in [0.29, 0.717) is 11.4 Å². The molecule has 0 aliphatic rings. The quantitative estimate of drug-likeness (QED) is 0.533. The number of carbonyl (C=O) groups is 1. The van der Waals surface area contributed by atoms with E-state index in [-0.39, 0.29) is 36.1 Å². The predicted octanol–water partition coefficient (Wildman–Crippen LogP) is 2.00. The molecule has 0 radical (unpaired) electrons. The summed E-state index contributed by atoms with van der Waals surface area (Å²) in [5, 5.41) is 19.6. The number of phenolic OH excluding ortho intramolecular Hbond substituents is 1. The van der Waals surface area contributed by atoms with Gasteiger partial charge in [-0.25, -0.2) is 0 Å². The third kappa shape index (κ3) is 4.62. The van der Waals surface area contributed by atoms with Gasteiger partial charge in [-0.2, -0.15) is 0 Å². The highest BCUT2D eigenvalue weighted by Gasteiger charge is 2.15. The first kappa shape index (κ1) is 16.6. The summed E-state index contributed by atoms with van der Waals surface area (Å²) < 4.78 is 10.8. The largest absolute Gasteiger partial charge is 0.507 e. The highest BCUT2D eigenvalue weighted by Crippen LogP contribution is 2.28. The van der Waals surface area contributed by atoms with E-state index in [1.807, 2.05) is 0 Å². The fraction of sp³-hybridized carbons (Fsp3) is 0.235. The molecule has 6 nitrogen and oxygen atoms in total. The molecule has 4 N–H and O–H groups in total. The maximum Gasteiger partial charge on any atom is 0.167 e. The molecule has 122 valence electrons. The highest BCUT2D eigenvalue weighted by atomic mass is 16.5. The molecule has 23 heavy (non-hydrogen) atoms. The Hall–Kier alpha value is -2.73. The van der Waals surface area contributed by atoms with Crippen LogP contribution in [0.3, 0.4) is 0 Å². The number of anilines is 1. The van der Waals surface area contributed by atoms with Gasteiger partial charge in [0.1, 0.15) is 42.1 Å². The van der Waals surface area contributed by atoms with Crippen LogP contribution < -0.4 is 15.2 Å². The predicted molar refractivity (Wildman–Crippen MR) is 86.0 cm³/mol. The van der Waals surface area contributed by atoms with Crippen LogP contribution in [0.2, 0.25) is 0 Å². The smallest absolute Gasteiger partial charge is 0.167 e. The first-order valence-electron chi connectivity index (χ1n) is 7.09. The Morgan fingerprint density at radius 3 is 2.57 bits per heavy atom. The lowest BCUT2D eigenvalue weighted by Gasteiger charge is -2.15. The fourth-order valence-corrected chi connectivity index (χ4v) is 2.02. The summed E-state index contributed by atoms with van der Waals surface area (Å²) in [7, 11) is 0. The van der Waals surface area contributed by atoms with Crippen molar-refractivity contribution < 1.29 is 24.5 Å². The standard InChI is InChI=1S/C17H19NO5/c1-11(19)17-15(21)6-3-7-16(17)23-10-13(20)9-22-14-5-2-4-12(18)8-14/h2-8,13,20-21H,9-10,18H2,1H3. The van der Waals surface area contributed by atoms with Gasteiger partial charge in [0.15, 0.2) is 5.78 Å². The average molecular weight is 317 g/mol. The molecule has 0 spiro atoms. The zero-order valence-electron chi connectivity index (χ0n) is 12.7. The van der Waals surface area contributed by atoms with Gasteiger partial charge in [-0.15, -0.1) is 0 Å². The molecule has 1 unspecified atom stereocenters. The van der Waals surface area contributed by atoms with Crippen molar-refractivity contribution in [1.29, 1.82) is 0 Å². The van der Waals surface area contributed by atoms with Crippen molar-refractivity contribution in [1.82, 2.24) is 0 Å². The molecule has 0 aliphatic carbocycles. The van der Waals surface area contributed by atoms with Crippen LogP contribution in [0.5, 0.6) is 17.2 Å². The molecule has 0 aromatic heterocycles. The molecule has 0 heterocycles. The second-order valence-corrected chi connectivity index (χ2v) is 5.05. The number of Topliss-reactive ketones (excluding diaryl/α,β-unsaturated/α-hetero) is 1. The van der Waals surface area contributed by atoms with Gasteiger partial charge in [-0.05, 0) is 31.2 Å². The number of hydrogen-bond acceptors (Lipinski definition) is 6. The number of ether oxygens (including phenoxy) is 2. The summed E-state index contributed by atoms with van der Waals surface area (Å²) in [4.78, 5) is 11.5. The Bertz CT molecular complexity index is 686. The first-order valence-corrected chi connectivity index (χ1v) is 7.09. The van der Waals surface area contributed by atoms with Crippen LogP contribution in [-0.2, 0) is 0 Å². The van der Waals surface area contributed by atoms with Crippen molar-refractivity contribution in [3.05, 3.63) is 48.0 Å². The van der Waals surface area contributed by atoms with E-state index in [1.54, 1.807) is 36.4 Å². The van der Waals surface area contributed by atoms with E-state index >= 15 is 0 Å². The molecule has 1 atom stereocenters. The topological polar surface area (TPSA) is 102 Å². The second-order valence-electron chi connectivity index (χ2n) is 5.05. The van der Waals surface area contributed by atoms with E-state index < -0.39 is 6.10 Å². The number of aromatic hydroxyl groups is 1. The van der Waals surface area contributed by atoms with E-state index in [2.05, 4.69) is 0 Å². The van der Waals surface area contributed by atoms with Crippen LogP contribution >= 0.6 is 0 Å². The molecule has 2 rings (SSSR count). The number of carbonyl (C=O) groups excluding carboxylic acids is 1. The number of hydrogen-bond donors (Lipinski definition) is 3. The van der Waals surface area contributed by atoms with Crippen molar-refractivity contribution >= 4 is 11.5 Å². The summed E-state index contributed by atoms with van der Waals surface area (Å²) in [6, 6.07) is 11.4. The molecule has 0 aliphatic heterocycles. The van der Waals surface area contributed by atoms with Gasteiger partial charge in [0.25, 0.3) is 0 Å². The zero-order chi connectivity index (χ0) is 16.8. The molecule has 2 aromatic rings. The summed E-state index contributed by atoms with van der Waals surface area (Å²) in [6.45, 7) is 1.27.